The van der Waals surface area contributed by atoms with Crippen LogP contribution in [0.1, 0.15) is 31.7 Å². The number of benzene rings is 1. The van der Waals surface area contributed by atoms with E-state index in [-0.39, 0.29) is 0 Å². The molecular formula is C16H22N4O. The summed E-state index contributed by atoms with van der Waals surface area (Å²) >= 11 is 0. The van der Waals surface area contributed by atoms with Crippen molar-refractivity contribution < 1.29 is 4.74 Å². The van der Waals surface area contributed by atoms with E-state index in [1.54, 1.807) is 7.11 Å². The van der Waals surface area contributed by atoms with Gasteiger partial charge in [-0.15, -0.1) is 0 Å². The van der Waals surface area contributed by atoms with Gasteiger partial charge in [-0.1, -0.05) is 0 Å². The number of aromatic nitrogens is 2. The minimum atomic E-state index is 0.475. The molecule has 5 heteroatoms. The van der Waals surface area contributed by atoms with E-state index in [1.165, 1.54) is 32.4 Å². The minimum absolute atomic E-state index is 0.475. The van der Waals surface area contributed by atoms with Crippen LogP contribution in [0, 0.1) is 0 Å². The third kappa shape index (κ3) is 2.07. The summed E-state index contributed by atoms with van der Waals surface area (Å²) in [4.78, 5) is 7.16. The Morgan fingerprint density at radius 1 is 1.24 bits per heavy atom. The van der Waals surface area contributed by atoms with Gasteiger partial charge in [-0.3, -0.25) is 0 Å². The van der Waals surface area contributed by atoms with Gasteiger partial charge >= 0.3 is 0 Å². The standard InChI is InChI=1S/C16H22N4O/c1-21-13-4-5-15-14(10-13)18-16(17)20(15)12-6-8-19-7-2-3-11(19)9-12/h4-5,10-12H,2-3,6-9H2,1H3,(H2,17,18). The van der Waals surface area contributed by atoms with Crippen LogP contribution in [0.2, 0.25) is 0 Å². The molecule has 4 rings (SSSR count). The topological polar surface area (TPSA) is 56.3 Å². The van der Waals surface area contributed by atoms with Crippen molar-refractivity contribution in [3.8, 4) is 5.75 Å². The van der Waals surface area contributed by atoms with Gasteiger partial charge in [0.2, 0.25) is 5.95 Å². The molecule has 0 spiro atoms. The zero-order valence-electron chi connectivity index (χ0n) is 12.5. The maximum absolute atomic E-state index is 6.21. The summed E-state index contributed by atoms with van der Waals surface area (Å²) in [6.45, 7) is 2.46. The molecule has 0 saturated carbocycles. The van der Waals surface area contributed by atoms with Crippen LogP contribution in [0.25, 0.3) is 11.0 Å². The SMILES string of the molecule is COc1ccc2c(c1)nc(N)n2C1CCN2CCCC2C1. The molecule has 0 amide bonds. The van der Waals surface area contributed by atoms with Crippen LogP contribution in [-0.2, 0) is 0 Å². The molecule has 1 aromatic heterocycles. The van der Waals surface area contributed by atoms with Crippen LogP contribution in [0.4, 0.5) is 5.95 Å². The van der Waals surface area contributed by atoms with Crippen molar-refractivity contribution >= 4 is 17.0 Å². The third-order valence-corrected chi connectivity index (χ3v) is 5.08. The van der Waals surface area contributed by atoms with Crippen LogP contribution in [-0.4, -0.2) is 40.7 Å². The Kier molecular flexibility index (Phi) is 3.03. The summed E-state index contributed by atoms with van der Waals surface area (Å²) in [5, 5.41) is 0. The second-order valence-electron chi connectivity index (χ2n) is 6.20. The Labute approximate surface area is 124 Å². The Morgan fingerprint density at radius 2 is 2.14 bits per heavy atom. The largest absolute Gasteiger partial charge is 0.497 e. The minimum Gasteiger partial charge on any atom is -0.497 e. The highest BCUT2D eigenvalue weighted by Gasteiger charge is 2.33. The molecule has 0 aliphatic carbocycles. The number of rotatable bonds is 2. The van der Waals surface area contributed by atoms with E-state index in [9.17, 15) is 0 Å². The van der Waals surface area contributed by atoms with Crippen LogP contribution in [0.5, 0.6) is 5.75 Å². The predicted molar refractivity (Wildman–Crippen MR) is 83.6 cm³/mol. The van der Waals surface area contributed by atoms with E-state index >= 15 is 0 Å². The number of methoxy groups -OCH3 is 1. The highest BCUT2D eigenvalue weighted by molar-refractivity contribution is 5.80. The first-order valence-corrected chi connectivity index (χ1v) is 7.82. The van der Waals surface area contributed by atoms with E-state index in [0.717, 1.165) is 29.2 Å². The summed E-state index contributed by atoms with van der Waals surface area (Å²) in [7, 11) is 1.68. The molecule has 3 heterocycles. The van der Waals surface area contributed by atoms with Gasteiger partial charge in [0, 0.05) is 24.7 Å². The maximum Gasteiger partial charge on any atom is 0.201 e. The van der Waals surface area contributed by atoms with Gasteiger partial charge in [0.05, 0.1) is 18.1 Å². The van der Waals surface area contributed by atoms with Gasteiger partial charge in [0.25, 0.3) is 0 Å². The van der Waals surface area contributed by atoms with E-state index in [4.69, 9.17) is 10.5 Å². The summed E-state index contributed by atoms with van der Waals surface area (Å²) in [5.74, 6) is 1.47. The molecule has 5 nitrogen and oxygen atoms in total. The van der Waals surface area contributed by atoms with E-state index in [2.05, 4.69) is 20.5 Å². The Balaban J connectivity index is 1.71. The second-order valence-corrected chi connectivity index (χ2v) is 6.20. The summed E-state index contributed by atoms with van der Waals surface area (Å²) in [6.07, 6.45) is 5.03. The average molecular weight is 286 g/mol. The molecule has 0 bridgehead atoms. The summed E-state index contributed by atoms with van der Waals surface area (Å²) < 4.78 is 7.52. The normalized spacial score (nSPS) is 26.1. The van der Waals surface area contributed by atoms with Gasteiger partial charge in [0.1, 0.15) is 5.75 Å². The number of hydrogen-bond donors (Lipinski definition) is 1. The lowest BCUT2D eigenvalue weighted by Gasteiger charge is -2.35. The lowest BCUT2D eigenvalue weighted by atomic mass is 9.97. The van der Waals surface area contributed by atoms with Gasteiger partial charge in [-0.05, 0) is 44.4 Å². The van der Waals surface area contributed by atoms with Crippen molar-refractivity contribution in [2.75, 3.05) is 25.9 Å². The molecule has 112 valence electrons. The number of piperidine rings is 1. The lowest BCUT2D eigenvalue weighted by molar-refractivity contribution is 0.158. The molecule has 2 atom stereocenters. The predicted octanol–water partition coefficient (Wildman–Crippen LogP) is 2.43. The fourth-order valence-corrected chi connectivity index (χ4v) is 4.05. The molecule has 2 saturated heterocycles. The average Bonchev–Trinajstić information content (AvgIpc) is 3.08. The molecule has 0 radical (unpaired) electrons. The molecule has 21 heavy (non-hydrogen) atoms. The Morgan fingerprint density at radius 3 is 3.00 bits per heavy atom. The first kappa shape index (κ1) is 13.0. The number of fused-ring (bicyclic) bond motifs is 2. The monoisotopic (exact) mass is 286 g/mol. The number of nitrogens with zero attached hydrogens (tertiary/aromatic N) is 3. The van der Waals surface area contributed by atoms with Crippen LogP contribution in [0.15, 0.2) is 18.2 Å². The molecule has 2 unspecified atom stereocenters. The van der Waals surface area contributed by atoms with Gasteiger partial charge in [-0.25, -0.2) is 4.98 Å². The van der Waals surface area contributed by atoms with Gasteiger partial charge < -0.3 is 19.9 Å². The van der Waals surface area contributed by atoms with Crippen molar-refractivity contribution in [1.29, 1.82) is 0 Å². The first-order valence-electron chi connectivity index (χ1n) is 7.82. The van der Waals surface area contributed by atoms with Crippen molar-refractivity contribution in [1.82, 2.24) is 14.5 Å². The van der Waals surface area contributed by atoms with Gasteiger partial charge in [0.15, 0.2) is 0 Å². The molecule has 1 aromatic carbocycles. The first-order chi connectivity index (χ1) is 10.3. The van der Waals surface area contributed by atoms with Gasteiger partial charge in [-0.2, -0.15) is 0 Å². The van der Waals surface area contributed by atoms with Crippen LogP contribution in [0.3, 0.4) is 0 Å². The lowest BCUT2D eigenvalue weighted by Crippen LogP contribution is -2.38. The van der Waals surface area contributed by atoms with Crippen molar-refractivity contribution in [3.05, 3.63) is 18.2 Å². The Bertz CT molecular complexity index is 666. The quantitative estimate of drug-likeness (QED) is 0.921. The molecule has 2 aliphatic rings. The molecule has 2 aliphatic heterocycles. The van der Waals surface area contributed by atoms with Crippen molar-refractivity contribution in [2.24, 2.45) is 0 Å². The number of hydrogen-bond acceptors (Lipinski definition) is 4. The number of anilines is 1. The maximum atomic E-state index is 6.21. The van der Waals surface area contributed by atoms with Crippen LogP contribution >= 0.6 is 0 Å². The highest BCUT2D eigenvalue weighted by atomic mass is 16.5. The van der Waals surface area contributed by atoms with Crippen molar-refractivity contribution in [2.45, 2.75) is 37.8 Å². The second kappa shape index (κ2) is 4.91. The van der Waals surface area contributed by atoms with Crippen LogP contribution < -0.4 is 10.5 Å². The fraction of sp³-hybridized carbons (Fsp3) is 0.562. The molecular weight excluding hydrogens is 264 g/mol. The molecule has 2 fully saturated rings. The number of nitrogen functional groups attached to an aromatic ring is 1. The number of nitrogens with two attached hydrogens (primary N) is 1. The molecule has 2 aromatic rings. The Hall–Kier alpha value is -1.75. The molecule has 2 N–H and O–H groups in total. The summed E-state index contributed by atoms with van der Waals surface area (Å²) in [5.41, 5.74) is 8.27. The third-order valence-electron chi connectivity index (χ3n) is 5.08. The van der Waals surface area contributed by atoms with Crippen molar-refractivity contribution in [3.63, 3.8) is 0 Å². The zero-order chi connectivity index (χ0) is 14.4. The zero-order valence-corrected chi connectivity index (χ0v) is 12.5. The smallest absolute Gasteiger partial charge is 0.201 e. The van der Waals surface area contributed by atoms with E-state index in [0.29, 0.717) is 12.0 Å². The number of imidazole rings is 1. The van der Waals surface area contributed by atoms with E-state index in [1.807, 2.05) is 12.1 Å². The number of ether oxygens (including phenoxy) is 1. The summed E-state index contributed by atoms with van der Waals surface area (Å²) in [6, 6.07) is 7.25. The fourth-order valence-electron chi connectivity index (χ4n) is 4.05. The highest BCUT2D eigenvalue weighted by Crippen LogP contribution is 2.36. The van der Waals surface area contributed by atoms with E-state index < -0.39 is 0 Å².